The quantitative estimate of drug-likeness (QED) is 0.707. The molecule has 8 nitrogen and oxygen atoms in total. The highest BCUT2D eigenvalue weighted by Crippen LogP contribution is 2.25. The van der Waals surface area contributed by atoms with Crippen molar-refractivity contribution >= 4 is 37.4 Å². The molecule has 3 N–H and O–H groups in total. The van der Waals surface area contributed by atoms with Gasteiger partial charge in [0.2, 0.25) is 10.0 Å². The molecule has 0 aromatic heterocycles. The van der Waals surface area contributed by atoms with Crippen LogP contribution in [-0.4, -0.2) is 34.2 Å². The number of hydrogen-bond donors (Lipinski definition) is 3. The number of hydrogen-bond acceptors (Lipinski definition) is 5. The lowest BCUT2D eigenvalue weighted by molar-refractivity contribution is 0.0696. The van der Waals surface area contributed by atoms with Crippen LogP contribution in [0.25, 0.3) is 0 Å². The maximum absolute atomic E-state index is 12.4. The number of benzene rings is 2. The predicted molar refractivity (Wildman–Crippen MR) is 89.1 cm³/mol. The molecule has 0 amide bonds. The molecule has 0 aliphatic heterocycles. The number of carboxylic acid groups (broad SMARTS) is 1. The Morgan fingerprint density at radius 3 is 1.83 bits per heavy atom. The largest absolute Gasteiger partial charge is 0.478 e. The molecule has 0 bridgehead atoms. The summed E-state index contributed by atoms with van der Waals surface area (Å²) in [6, 6.07) is 10.5. The summed E-state index contributed by atoms with van der Waals surface area (Å²) in [5.74, 6) is -1.17. The Labute approximate surface area is 139 Å². The smallest absolute Gasteiger partial charge is 0.335 e. The zero-order chi connectivity index (χ0) is 18.0. The minimum atomic E-state index is -4.01. The standard InChI is InChI=1S/C14H14N2O6S2/c1-23(19,20)15-12-4-2-3-5-13(12)16-24(21,22)11-8-6-10(7-9-11)14(17)18/h2-9,15-16H,1H3,(H,17,18). The number of para-hydroxylation sites is 2. The van der Waals surface area contributed by atoms with E-state index in [1.807, 2.05) is 0 Å². The molecule has 0 aliphatic carbocycles. The molecule has 0 heterocycles. The van der Waals surface area contributed by atoms with Crippen molar-refractivity contribution in [2.75, 3.05) is 15.7 Å². The van der Waals surface area contributed by atoms with E-state index >= 15 is 0 Å². The summed E-state index contributed by atoms with van der Waals surface area (Å²) in [5.41, 5.74) is 0.0732. The summed E-state index contributed by atoms with van der Waals surface area (Å²) in [6.07, 6.45) is 0.947. The predicted octanol–water partition coefficient (Wildman–Crippen LogP) is 1.56. The molecule has 0 radical (unpaired) electrons. The van der Waals surface area contributed by atoms with E-state index in [0.717, 1.165) is 30.5 Å². The van der Waals surface area contributed by atoms with Crippen LogP contribution in [0.2, 0.25) is 0 Å². The number of carboxylic acids is 1. The Kier molecular flexibility index (Phi) is 4.81. The van der Waals surface area contributed by atoms with E-state index in [1.165, 1.54) is 12.1 Å². The Balaban J connectivity index is 2.34. The zero-order valence-electron chi connectivity index (χ0n) is 12.4. The monoisotopic (exact) mass is 370 g/mol. The first-order chi connectivity index (χ1) is 11.1. The molecule has 10 heteroatoms. The van der Waals surface area contributed by atoms with Gasteiger partial charge >= 0.3 is 5.97 Å². The molecule has 0 unspecified atom stereocenters. The van der Waals surface area contributed by atoms with Crippen LogP contribution in [0.1, 0.15) is 10.4 Å². The molecule has 2 aromatic carbocycles. The molecule has 2 aromatic rings. The van der Waals surface area contributed by atoms with Gasteiger partial charge in [-0.2, -0.15) is 0 Å². The number of carbonyl (C=O) groups is 1. The van der Waals surface area contributed by atoms with Crippen molar-refractivity contribution in [3.05, 3.63) is 54.1 Å². The highest BCUT2D eigenvalue weighted by molar-refractivity contribution is 7.93. The first-order valence-corrected chi connectivity index (χ1v) is 9.89. The first-order valence-electron chi connectivity index (χ1n) is 6.51. The molecule has 0 spiro atoms. The van der Waals surface area contributed by atoms with Gasteiger partial charge in [0.05, 0.1) is 28.1 Å². The van der Waals surface area contributed by atoms with Gasteiger partial charge in [-0.05, 0) is 36.4 Å². The fraction of sp³-hybridized carbons (Fsp3) is 0.0714. The van der Waals surface area contributed by atoms with Gasteiger partial charge in [0.25, 0.3) is 10.0 Å². The van der Waals surface area contributed by atoms with Gasteiger partial charge in [-0.3, -0.25) is 9.44 Å². The lowest BCUT2D eigenvalue weighted by atomic mass is 10.2. The van der Waals surface area contributed by atoms with Crippen LogP contribution in [0, 0.1) is 0 Å². The molecule has 0 aliphatic rings. The Bertz CT molecular complexity index is 967. The van der Waals surface area contributed by atoms with E-state index in [2.05, 4.69) is 9.44 Å². The van der Waals surface area contributed by atoms with Crippen molar-refractivity contribution in [2.24, 2.45) is 0 Å². The fourth-order valence-corrected chi connectivity index (χ4v) is 3.50. The van der Waals surface area contributed by atoms with E-state index in [1.54, 1.807) is 12.1 Å². The third kappa shape index (κ3) is 4.46. The van der Waals surface area contributed by atoms with E-state index in [-0.39, 0.29) is 21.8 Å². The lowest BCUT2D eigenvalue weighted by Crippen LogP contribution is -2.16. The Morgan fingerprint density at radius 1 is 0.875 bits per heavy atom. The van der Waals surface area contributed by atoms with Crippen molar-refractivity contribution in [1.29, 1.82) is 0 Å². The van der Waals surface area contributed by atoms with E-state index in [9.17, 15) is 21.6 Å². The van der Waals surface area contributed by atoms with Gasteiger partial charge in [-0.15, -0.1) is 0 Å². The molecular weight excluding hydrogens is 356 g/mol. The fourth-order valence-electron chi connectivity index (χ4n) is 1.84. The molecule has 0 atom stereocenters. The van der Waals surface area contributed by atoms with Crippen molar-refractivity contribution in [1.82, 2.24) is 0 Å². The third-order valence-electron chi connectivity index (χ3n) is 2.88. The van der Waals surface area contributed by atoms with Crippen LogP contribution >= 0.6 is 0 Å². The number of anilines is 2. The number of aromatic carboxylic acids is 1. The molecule has 2 rings (SSSR count). The summed E-state index contributed by atoms with van der Waals surface area (Å²) in [4.78, 5) is 10.6. The highest BCUT2D eigenvalue weighted by Gasteiger charge is 2.17. The van der Waals surface area contributed by atoms with Crippen molar-refractivity contribution in [3.63, 3.8) is 0 Å². The summed E-state index contributed by atoms with van der Waals surface area (Å²) in [7, 11) is -7.60. The normalized spacial score (nSPS) is 11.7. The average molecular weight is 370 g/mol. The van der Waals surface area contributed by atoms with Gasteiger partial charge in [-0.1, -0.05) is 12.1 Å². The van der Waals surface area contributed by atoms with Crippen LogP contribution in [0.3, 0.4) is 0 Å². The second kappa shape index (κ2) is 6.49. The third-order valence-corrected chi connectivity index (χ3v) is 4.85. The lowest BCUT2D eigenvalue weighted by Gasteiger charge is -2.13. The number of nitrogens with one attached hydrogen (secondary N) is 2. The van der Waals surface area contributed by atoms with Crippen molar-refractivity contribution < 1.29 is 26.7 Å². The molecule has 0 fully saturated rings. The molecule has 0 saturated heterocycles. The van der Waals surface area contributed by atoms with Gasteiger partial charge in [-0.25, -0.2) is 21.6 Å². The summed E-state index contributed by atoms with van der Waals surface area (Å²) in [6.45, 7) is 0. The van der Waals surface area contributed by atoms with Gasteiger partial charge in [0.1, 0.15) is 0 Å². The number of rotatable bonds is 6. The highest BCUT2D eigenvalue weighted by atomic mass is 32.2. The minimum Gasteiger partial charge on any atom is -0.478 e. The first kappa shape index (κ1) is 17.8. The van der Waals surface area contributed by atoms with Crippen LogP contribution in [-0.2, 0) is 20.0 Å². The van der Waals surface area contributed by atoms with Crippen LogP contribution in [0.15, 0.2) is 53.4 Å². The second-order valence-electron chi connectivity index (χ2n) is 4.85. The van der Waals surface area contributed by atoms with Gasteiger partial charge in [0, 0.05) is 0 Å². The molecule has 0 saturated carbocycles. The van der Waals surface area contributed by atoms with Crippen LogP contribution in [0.5, 0.6) is 0 Å². The maximum atomic E-state index is 12.4. The van der Waals surface area contributed by atoms with Crippen LogP contribution in [0.4, 0.5) is 11.4 Å². The SMILES string of the molecule is CS(=O)(=O)Nc1ccccc1NS(=O)(=O)c1ccc(C(=O)O)cc1. The maximum Gasteiger partial charge on any atom is 0.335 e. The van der Waals surface area contributed by atoms with Crippen LogP contribution < -0.4 is 9.44 Å². The Morgan fingerprint density at radius 2 is 1.38 bits per heavy atom. The zero-order valence-corrected chi connectivity index (χ0v) is 14.1. The second-order valence-corrected chi connectivity index (χ2v) is 8.29. The van der Waals surface area contributed by atoms with Crippen molar-refractivity contribution in [3.8, 4) is 0 Å². The van der Waals surface area contributed by atoms with E-state index in [4.69, 9.17) is 5.11 Å². The minimum absolute atomic E-state index is 0.0465. The average Bonchev–Trinajstić information content (AvgIpc) is 2.48. The molecule has 128 valence electrons. The summed E-state index contributed by atoms with van der Waals surface area (Å²) < 4.78 is 51.9. The van der Waals surface area contributed by atoms with E-state index in [0.29, 0.717) is 0 Å². The van der Waals surface area contributed by atoms with Gasteiger partial charge < -0.3 is 5.11 Å². The number of sulfonamides is 2. The molecular formula is C14H14N2O6S2. The summed E-state index contributed by atoms with van der Waals surface area (Å²) >= 11 is 0. The van der Waals surface area contributed by atoms with Crippen molar-refractivity contribution in [2.45, 2.75) is 4.90 Å². The summed E-state index contributed by atoms with van der Waals surface area (Å²) in [5, 5.41) is 8.83. The van der Waals surface area contributed by atoms with Gasteiger partial charge in [0.15, 0.2) is 0 Å². The topological polar surface area (TPSA) is 130 Å². The van der Waals surface area contributed by atoms with E-state index < -0.39 is 26.0 Å². The molecule has 24 heavy (non-hydrogen) atoms. The Hall–Kier alpha value is -2.59.